The Hall–Kier alpha value is -3.51. The summed E-state index contributed by atoms with van der Waals surface area (Å²) in [7, 11) is 0. The second-order valence-electron chi connectivity index (χ2n) is 9.20. The highest BCUT2D eigenvalue weighted by Gasteiger charge is 2.28. The topological polar surface area (TPSA) is 115 Å². The molecule has 3 rings (SSSR count). The van der Waals surface area contributed by atoms with E-state index in [0.717, 1.165) is 38.2 Å². The van der Waals surface area contributed by atoms with Gasteiger partial charge in [0, 0.05) is 29.7 Å². The Morgan fingerprint density at radius 1 is 1.19 bits per heavy atom. The van der Waals surface area contributed by atoms with Gasteiger partial charge >= 0.3 is 12.0 Å². The number of amides is 2. The molecule has 2 aromatic rings. The van der Waals surface area contributed by atoms with Gasteiger partial charge in [-0.15, -0.1) is 0 Å². The summed E-state index contributed by atoms with van der Waals surface area (Å²) in [5.74, 6) is -1.48. The lowest BCUT2D eigenvalue weighted by Crippen LogP contribution is -2.40. The van der Waals surface area contributed by atoms with Crippen LogP contribution in [-0.4, -0.2) is 36.3 Å². The number of nitrogens with one attached hydrogen (secondary N) is 2. The number of urea groups is 1. The zero-order valence-electron chi connectivity index (χ0n) is 20.3. The van der Waals surface area contributed by atoms with Gasteiger partial charge in [-0.25, -0.2) is 14.0 Å². The van der Waals surface area contributed by atoms with Crippen LogP contribution in [0.5, 0.6) is 5.75 Å². The molecular formula is C26H30ClFN4O4. The predicted molar refractivity (Wildman–Crippen MR) is 137 cm³/mol. The van der Waals surface area contributed by atoms with Crippen molar-refractivity contribution in [3.05, 3.63) is 46.7 Å². The van der Waals surface area contributed by atoms with Gasteiger partial charge in [-0.1, -0.05) is 44.7 Å². The summed E-state index contributed by atoms with van der Waals surface area (Å²) < 4.78 is 19.6. The lowest BCUT2D eigenvalue weighted by atomic mass is 9.92. The van der Waals surface area contributed by atoms with Gasteiger partial charge in [0.05, 0.1) is 22.6 Å². The number of halogens is 2. The van der Waals surface area contributed by atoms with E-state index in [9.17, 15) is 19.2 Å². The summed E-state index contributed by atoms with van der Waals surface area (Å²) in [5, 5.41) is 24.4. The molecule has 0 heterocycles. The molecule has 0 saturated heterocycles. The number of nitriles is 1. The maximum atomic E-state index is 14.2. The molecule has 1 saturated carbocycles. The molecule has 0 unspecified atom stereocenters. The van der Waals surface area contributed by atoms with Crippen LogP contribution in [0.4, 0.5) is 26.2 Å². The van der Waals surface area contributed by atoms with E-state index in [1.807, 2.05) is 0 Å². The van der Waals surface area contributed by atoms with Crippen LogP contribution < -0.4 is 20.3 Å². The molecule has 1 aliphatic rings. The van der Waals surface area contributed by atoms with E-state index in [2.05, 4.69) is 35.5 Å². The molecule has 0 aromatic heterocycles. The summed E-state index contributed by atoms with van der Waals surface area (Å²) >= 11 is 5.80. The van der Waals surface area contributed by atoms with Crippen molar-refractivity contribution >= 4 is 40.7 Å². The Morgan fingerprint density at radius 2 is 1.89 bits per heavy atom. The summed E-state index contributed by atoms with van der Waals surface area (Å²) in [6, 6.07) is 8.49. The van der Waals surface area contributed by atoms with E-state index in [1.165, 1.54) is 24.3 Å². The standard InChI is InChI=1S/C26H30ClFN4O4/c1-16(2)14-32(19-6-4-3-5-7-19)25-17(13-29)10-20(36-15-24(33)34)12-23(25)31-26(35)30-22-9-8-18(27)11-21(22)28/h8-12,16,19H,3-7,14-15H2,1-2H3,(H,33,34)(H2,30,31,35). The minimum Gasteiger partial charge on any atom is -0.482 e. The van der Waals surface area contributed by atoms with Gasteiger partial charge in [-0.2, -0.15) is 5.26 Å². The number of anilines is 3. The van der Waals surface area contributed by atoms with Crippen molar-refractivity contribution in [3.63, 3.8) is 0 Å². The Bertz CT molecular complexity index is 1150. The lowest BCUT2D eigenvalue weighted by molar-refractivity contribution is -0.139. The Kier molecular flexibility index (Phi) is 9.37. The van der Waals surface area contributed by atoms with Crippen LogP contribution in [0, 0.1) is 23.1 Å². The van der Waals surface area contributed by atoms with Crippen molar-refractivity contribution in [2.75, 3.05) is 28.7 Å². The molecule has 3 N–H and O–H groups in total. The molecule has 192 valence electrons. The number of rotatable bonds is 9. The fraction of sp³-hybridized carbons (Fsp3) is 0.423. The SMILES string of the molecule is CC(C)CN(c1c(C#N)cc(OCC(=O)O)cc1NC(=O)Nc1ccc(Cl)cc1F)C1CCCCC1. The Morgan fingerprint density at radius 3 is 2.50 bits per heavy atom. The van der Waals surface area contributed by atoms with Crippen LogP contribution in [0.1, 0.15) is 51.5 Å². The molecule has 0 atom stereocenters. The molecular weight excluding hydrogens is 487 g/mol. The van der Waals surface area contributed by atoms with Crippen LogP contribution in [0.15, 0.2) is 30.3 Å². The molecule has 8 nitrogen and oxygen atoms in total. The van der Waals surface area contributed by atoms with Crippen LogP contribution in [0.25, 0.3) is 0 Å². The number of nitrogens with zero attached hydrogens (tertiary/aromatic N) is 2. The average Bonchev–Trinajstić information content (AvgIpc) is 2.83. The van der Waals surface area contributed by atoms with E-state index in [-0.39, 0.29) is 39.7 Å². The van der Waals surface area contributed by atoms with E-state index in [4.69, 9.17) is 21.4 Å². The number of carbonyl (C=O) groups excluding carboxylic acids is 1. The first-order valence-electron chi connectivity index (χ1n) is 11.9. The molecule has 2 amide bonds. The Balaban J connectivity index is 2.03. The van der Waals surface area contributed by atoms with Gasteiger partial charge in [-0.05, 0) is 37.0 Å². The fourth-order valence-electron chi connectivity index (χ4n) is 4.40. The molecule has 2 aromatic carbocycles. The molecule has 0 bridgehead atoms. The molecule has 0 aliphatic heterocycles. The van der Waals surface area contributed by atoms with Crippen molar-refractivity contribution in [2.24, 2.45) is 5.92 Å². The summed E-state index contributed by atoms with van der Waals surface area (Å²) in [4.78, 5) is 26.1. The average molecular weight is 517 g/mol. The second kappa shape index (κ2) is 12.5. The third kappa shape index (κ3) is 7.25. The highest BCUT2D eigenvalue weighted by atomic mass is 35.5. The number of hydrogen-bond acceptors (Lipinski definition) is 5. The molecule has 36 heavy (non-hydrogen) atoms. The summed E-state index contributed by atoms with van der Waals surface area (Å²) in [5.41, 5.74) is 0.987. The number of hydrogen-bond donors (Lipinski definition) is 3. The fourth-order valence-corrected chi connectivity index (χ4v) is 4.56. The third-order valence-corrected chi connectivity index (χ3v) is 6.09. The zero-order chi connectivity index (χ0) is 26.2. The quantitative estimate of drug-likeness (QED) is 0.362. The van der Waals surface area contributed by atoms with Gasteiger partial charge in [0.2, 0.25) is 0 Å². The smallest absolute Gasteiger partial charge is 0.341 e. The van der Waals surface area contributed by atoms with E-state index < -0.39 is 24.4 Å². The first-order chi connectivity index (χ1) is 17.2. The third-order valence-electron chi connectivity index (χ3n) is 5.86. The van der Waals surface area contributed by atoms with E-state index >= 15 is 0 Å². The van der Waals surface area contributed by atoms with Crippen molar-refractivity contribution < 1.29 is 23.8 Å². The van der Waals surface area contributed by atoms with Crippen LogP contribution in [0.3, 0.4) is 0 Å². The first kappa shape index (κ1) is 27.1. The van der Waals surface area contributed by atoms with Crippen LogP contribution in [0.2, 0.25) is 5.02 Å². The minimum absolute atomic E-state index is 0.0662. The van der Waals surface area contributed by atoms with E-state index in [1.54, 1.807) is 0 Å². The first-order valence-corrected chi connectivity index (χ1v) is 12.3. The zero-order valence-corrected chi connectivity index (χ0v) is 21.1. The highest BCUT2D eigenvalue weighted by molar-refractivity contribution is 6.30. The normalized spacial score (nSPS) is 13.7. The van der Waals surface area contributed by atoms with Gasteiger partial charge in [0.15, 0.2) is 6.61 Å². The Labute approximate surface area is 215 Å². The monoisotopic (exact) mass is 516 g/mol. The van der Waals surface area contributed by atoms with Gasteiger partial charge in [-0.3, -0.25) is 0 Å². The number of aliphatic carboxylic acids is 1. The predicted octanol–water partition coefficient (Wildman–Crippen LogP) is 6.25. The lowest BCUT2D eigenvalue weighted by Gasteiger charge is -2.39. The molecule has 10 heteroatoms. The van der Waals surface area contributed by atoms with Gasteiger partial charge < -0.3 is 25.4 Å². The van der Waals surface area contributed by atoms with Crippen molar-refractivity contribution in [1.82, 2.24) is 0 Å². The largest absolute Gasteiger partial charge is 0.482 e. The second-order valence-corrected chi connectivity index (χ2v) is 9.64. The van der Waals surface area contributed by atoms with Gasteiger partial charge in [0.25, 0.3) is 0 Å². The summed E-state index contributed by atoms with van der Waals surface area (Å²) in [6.07, 6.45) is 5.20. The molecule has 1 fully saturated rings. The minimum atomic E-state index is -1.17. The number of carboxylic acid groups (broad SMARTS) is 1. The summed E-state index contributed by atoms with van der Waals surface area (Å²) in [6.45, 7) is 4.20. The maximum Gasteiger partial charge on any atom is 0.341 e. The van der Waals surface area contributed by atoms with Crippen molar-refractivity contribution in [1.29, 1.82) is 5.26 Å². The van der Waals surface area contributed by atoms with Crippen molar-refractivity contribution in [3.8, 4) is 11.8 Å². The number of ether oxygens (including phenoxy) is 1. The molecule has 0 spiro atoms. The number of carboxylic acids is 1. The maximum absolute atomic E-state index is 14.2. The van der Waals surface area contributed by atoms with Crippen LogP contribution in [-0.2, 0) is 4.79 Å². The van der Waals surface area contributed by atoms with Crippen LogP contribution >= 0.6 is 11.6 Å². The van der Waals surface area contributed by atoms with E-state index in [0.29, 0.717) is 12.2 Å². The molecule has 0 radical (unpaired) electrons. The van der Waals surface area contributed by atoms with Crippen molar-refractivity contribution in [2.45, 2.75) is 52.0 Å². The molecule has 1 aliphatic carbocycles. The highest BCUT2D eigenvalue weighted by Crippen LogP contribution is 2.39. The van der Waals surface area contributed by atoms with Gasteiger partial charge in [0.1, 0.15) is 17.6 Å². The number of carbonyl (C=O) groups is 2. The number of benzene rings is 2.